The SMILES string of the molecule is O=C1NC(=O)C(=Cc2cc3cncc(NCc4ccccc4)c3o2)S1. The van der Waals surface area contributed by atoms with Gasteiger partial charge in [0, 0.05) is 24.2 Å². The van der Waals surface area contributed by atoms with Gasteiger partial charge in [-0.25, -0.2) is 0 Å². The number of carbonyl (C=O) groups is 2. The molecule has 1 saturated heterocycles. The second-order valence-electron chi connectivity index (χ2n) is 5.45. The van der Waals surface area contributed by atoms with Gasteiger partial charge in [0.1, 0.15) is 5.76 Å². The van der Waals surface area contributed by atoms with E-state index in [0.717, 1.165) is 28.4 Å². The van der Waals surface area contributed by atoms with Gasteiger partial charge in [-0.1, -0.05) is 30.3 Å². The van der Waals surface area contributed by atoms with Gasteiger partial charge >= 0.3 is 0 Å². The summed E-state index contributed by atoms with van der Waals surface area (Å²) in [5, 5.41) is 5.98. The van der Waals surface area contributed by atoms with Gasteiger partial charge in [-0.2, -0.15) is 0 Å². The van der Waals surface area contributed by atoms with Crippen LogP contribution in [0.1, 0.15) is 11.3 Å². The minimum Gasteiger partial charge on any atom is -0.454 e. The van der Waals surface area contributed by atoms with Crippen LogP contribution >= 0.6 is 11.8 Å². The summed E-state index contributed by atoms with van der Waals surface area (Å²) < 4.78 is 5.85. The Morgan fingerprint density at radius 1 is 1.20 bits per heavy atom. The molecule has 1 aromatic carbocycles. The molecule has 0 bridgehead atoms. The Hall–Kier alpha value is -3.06. The standard InChI is InChI=1S/C18H13N3O3S/c22-17-15(25-18(23)21-17)7-13-6-12-9-19-10-14(16(12)24-13)20-8-11-4-2-1-3-5-11/h1-7,9-10,20H,8H2,(H,21,22,23). The van der Waals surface area contributed by atoms with E-state index in [4.69, 9.17) is 4.42 Å². The Kier molecular flexibility index (Phi) is 3.99. The Morgan fingerprint density at radius 3 is 2.80 bits per heavy atom. The van der Waals surface area contributed by atoms with E-state index in [-0.39, 0.29) is 5.24 Å². The molecule has 0 saturated carbocycles. The zero-order chi connectivity index (χ0) is 17.2. The fourth-order valence-corrected chi connectivity index (χ4v) is 3.18. The van der Waals surface area contributed by atoms with Crippen LogP contribution in [-0.2, 0) is 11.3 Å². The molecule has 2 aromatic heterocycles. The van der Waals surface area contributed by atoms with Crippen LogP contribution in [0.5, 0.6) is 0 Å². The zero-order valence-corrected chi connectivity index (χ0v) is 13.8. The maximum absolute atomic E-state index is 11.6. The summed E-state index contributed by atoms with van der Waals surface area (Å²) in [6.45, 7) is 0.644. The highest BCUT2D eigenvalue weighted by Gasteiger charge is 2.25. The van der Waals surface area contributed by atoms with E-state index < -0.39 is 5.91 Å². The van der Waals surface area contributed by atoms with Gasteiger partial charge in [-0.3, -0.25) is 19.9 Å². The van der Waals surface area contributed by atoms with Crippen molar-refractivity contribution in [2.45, 2.75) is 6.54 Å². The fraction of sp³-hybridized carbons (Fsp3) is 0.0556. The molecule has 0 atom stereocenters. The summed E-state index contributed by atoms with van der Waals surface area (Å²) >= 11 is 0.860. The van der Waals surface area contributed by atoms with Crippen LogP contribution in [0.25, 0.3) is 17.0 Å². The van der Waals surface area contributed by atoms with Crippen LogP contribution in [0.4, 0.5) is 10.5 Å². The molecule has 7 heteroatoms. The highest BCUT2D eigenvalue weighted by Crippen LogP contribution is 2.30. The normalized spacial score (nSPS) is 15.8. The molecule has 0 unspecified atom stereocenters. The minimum absolute atomic E-state index is 0.316. The van der Waals surface area contributed by atoms with Crippen LogP contribution in [0.3, 0.4) is 0 Å². The van der Waals surface area contributed by atoms with Crippen molar-refractivity contribution >= 4 is 45.6 Å². The van der Waals surface area contributed by atoms with Crippen molar-refractivity contribution in [2.75, 3.05) is 5.32 Å². The first-order chi connectivity index (χ1) is 12.2. The lowest BCUT2D eigenvalue weighted by molar-refractivity contribution is -0.115. The molecular formula is C18H13N3O3S. The largest absolute Gasteiger partial charge is 0.454 e. The number of aromatic nitrogens is 1. The number of nitrogens with zero attached hydrogens (tertiary/aromatic N) is 1. The maximum Gasteiger partial charge on any atom is 0.290 e. The van der Waals surface area contributed by atoms with Crippen LogP contribution < -0.4 is 10.6 Å². The first-order valence-corrected chi connectivity index (χ1v) is 8.41. The fourth-order valence-electron chi connectivity index (χ4n) is 2.52. The molecule has 0 spiro atoms. The molecule has 6 nitrogen and oxygen atoms in total. The van der Waals surface area contributed by atoms with Gasteiger partial charge in [-0.15, -0.1) is 0 Å². The van der Waals surface area contributed by atoms with Gasteiger partial charge < -0.3 is 9.73 Å². The predicted octanol–water partition coefficient (Wildman–Crippen LogP) is 3.76. The van der Waals surface area contributed by atoms with Gasteiger partial charge in [0.2, 0.25) is 0 Å². The van der Waals surface area contributed by atoms with Crippen molar-refractivity contribution in [3.05, 3.63) is 65.0 Å². The number of pyridine rings is 1. The van der Waals surface area contributed by atoms with E-state index in [0.29, 0.717) is 22.8 Å². The first-order valence-electron chi connectivity index (χ1n) is 7.59. The molecule has 0 radical (unpaired) electrons. The first kappa shape index (κ1) is 15.5. The van der Waals surface area contributed by atoms with E-state index in [2.05, 4.69) is 15.6 Å². The summed E-state index contributed by atoms with van der Waals surface area (Å²) in [5.74, 6) is 0.0918. The van der Waals surface area contributed by atoms with Gasteiger partial charge in [-0.05, 0) is 23.4 Å². The lowest BCUT2D eigenvalue weighted by Crippen LogP contribution is -2.17. The van der Waals surface area contributed by atoms with Crippen molar-refractivity contribution < 1.29 is 14.0 Å². The van der Waals surface area contributed by atoms with Crippen molar-refractivity contribution in [3.8, 4) is 0 Å². The van der Waals surface area contributed by atoms with Gasteiger partial charge in [0.25, 0.3) is 11.1 Å². The third-order valence-corrected chi connectivity index (χ3v) is 4.49. The predicted molar refractivity (Wildman–Crippen MR) is 96.9 cm³/mol. The Bertz CT molecular complexity index is 995. The Morgan fingerprint density at radius 2 is 2.04 bits per heavy atom. The van der Waals surface area contributed by atoms with Crippen molar-refractivity contribution in [3.63, 3.8) is 0 Å². The van der Waals surface area contributed by atoms with E-state index in [1.807, 2.05) is 30.3 Å². The van der Waals surface area contributed by atoms with Crippen LogP contribution in [0.15, 0.2) is 58.1 Å². The number of carbonyl (C=O) groups excluding carboxylic acids is 2. The average Bonchev–Trinajstić information content (AvgIpc) is 3.16. The van der Waals surface area contributed by atoms with E-state index in [1.165, 1.54) is 0 Å². The minimum atomic E-state index is -0.406. The summed E-state index contributed by atoms with van der Waals surface area (Å²) in [5.41, 5.74) is 2.57. The zero-order valence-electron chi connectivity index (χ0n) is 13.0. The molecule has 1 fully saturated rings. The number of amides is 2. The number of rotatable bonds is 4. The van der Waals surface area contributed by atoms with Gasteiger partial charge in [0.15, 0.2) is 5.58 Å². The Balaban J connectivity index is 1.61. The van der Waals surface area contributed by atoms with Crippen molar-refractivity contribution in [1.29, 1.82) is 0 Å². The van der Waals surface area contributed by atoms with E-state index in [9.17, 15) is 9.59 Å². The molecule has 1 aliphatic heterocycles. The van der Waals surface area contributed by atoms with Crippen LogP contribution in [0.2, 0.25) is 0 Å². The third-order valence-electron chi connectivity index (χ3n) is 3.68. The Labute approximate surface area is 147 Å². The maximum atomic E-state index is 11.6. The highest BCUT2D eigenvalue weighted by molar-refractivity contribution is 8.18. The summed E-state index contributed by atoms with van der Waals surface area (Å²) in [7, 11) is 0. The quantitative estimate of drug-likeness (QED) is 0.696. The number of fused-ring (bicyclic) bond motifs is 1. The second-order valence-corrected chi connectivity index (χ2v) is 6.46. The number of benzene rings is 1. The summed E-state index contributed by atoms with van der Waals surface area (Å²) in [4.78, 5) is 27.4. The topological polar surface area (TPSA) is 84.2 Å². The monoisotopic (exact) mass is 351 g/mol. The summed E-state index contributed by atoms with van der Waals surface area (Å²) in [6.07, 6.45) is 4.96. The molecule has 124 valence electrons. The number of furan rings is 1. The number of imide groups is 1. The number of anilines is 1. The average molecular weight is 351 g/mol. The van der Waals surface area contributed by atoms with Crippen LogP contribution in [-0.4, -0.2) is 16.1 Å². The van der Waals surface area contributed by atoms with Gasteiger partial charge in [0.05, 0.1) is 16.8 Å². The lowest BCUT2D eigenvalue weighted by Gasteiger charge is -2.06. The number of hydrogen-bond donors (Lipinski definition) is 2. The molecule has 0 aliphatic carbocycles. The molecule has 3 heterocycles. The number of hydrogen-bond acceptors (Lipinski definition) is 6. The molecule has 2 amide bonds. The molecule has 2 N–H and O–H groups in total. The molecule has 3 aromatic rings. The smallest absolute Gasteiger partial charge is 0.290 e. The number of thioether (sulfide) groups is 1. The number of nitrogens with one attached hydrogen (secondary N) is 2. The van der Waals surface area contributed by atoms with Crippen LogP contribution in [0, 0.1) is 0 Å². The molecule has 25 heavy (non-hydrogen) atoms. The molecule has 1 aliphatic rings. The second kappa shape index (κ2) is 6.45. The lowest BCUT2D eigenvalue weighted by atomic mass is 10.2. The van der Waals surface area contributed by atoms with E-state index in [1.54, 1.807) is 24.5 Å². The van der Waals surface area contributed by atoms with Crippen molar-refractivity contribution in [1.82, 2.24) is 10.3 Å². The highest BCUT2D eigenvalue weighted by atomic mass is 32.2. The van der Waals surface area contributed by atoms with Crippen molar-refractivity contribution in [2.24, 2.45) is 0 Å². The molecular weight excluding hydrogens is 338 g/mol. The summed E-state index contributed by atoms with van der Waals surface area (Å²) in [6, 6.07) is 11.8. The van der Waals surface area contributed by atoms with E-state index >= 15 is 0 Å². The third kappa shape index (κ3) is 3.27. The molecule has 4 rings (SSSR count).